The Bertz CT molecular complexity index is 358. The summed E-state index contributed by atoms with van der Waals surface area (Å²) in [6, 6.07) is 6.60. The van der Waals surface area contributed by atoms with Gasteiger partial charge in [0.05, 0.1) is 0 Å². The average Bonchev–Trinajstić information content (AvgIpc) is 2.05. The Kier molecular flexibility index (Phi) is 5.17. The second-order valence-corrected chi connectivity index (χ2v) is 4.26. The van der Waals surface area contributed by atoms with Crippen LogP contribution in [-0.2, 0) is 10.0 Å². The Morgan fingerprint density at radius 1 is 1.15 bits per heavy atom. The van der Waals surface area contributed by atoms with Gasteiger partial charge in [0, 0.05) is 4.90 Å². The second-order valence-electron chi connectivity index (χ2n) is 2.47. The largest absolute Gasteiger partial charge is 1.00 e. The summed E-state index contributed by atoms with van der Waals surface area (Å²) in [6.07, 6.45) is 0. The van der Waals surface area contributed by atoms with Crippen molar-refractivity contribution in [2.24, 2.45) is 0 Å². The molecule has 0 spiro atoms. The fourth-order valence-corrected chi connectivity index (χ4v) is 1.51. The number of sulfonamides is 1. The summed E-state index contributed by atoms with van der Waals surface area (Å²) in [7, 11) is -2.12. The monoisotopic (exact) mass is 207 g/mol. The van der Waals surface area contributed by atoms with Crippen LogP contribution in [0, 0.1) is 6.92 Å². The predicted octanol–water partition coefficient (Wildman–Crippen LogP) is -1.31. The van der Waals surface area contributed by atoms with Crippen LogP contribution < -0.4 is 29.6 Å². The number of benzene rings is 1. The van der Waals surface area contributed by atoms with Crippen LogP contribution in [0.2, 0.25) is 0 Å². The number of hydrogen-bond acceptors (Lipinski definition) is 2. The molecule has 3 nitrogen and oxygen atoms in total. The van der Waals surface area contributed by atoms with Crippen molar-refractivity contribution in [3.8, 4) is 0 Å². The normalized spacial score (nSPS) is 10.6. The number of hydrogen-bond donors (Lipinski definition) is 0. The molecule has 1 rings (SSSR count). The smallest absolute Gasteiger partial charge is 0.547 e. The van der Waals surface area contributed by atoms with Crippen molar-refractivity contribution in [3.63, 3.8) is 0 Å². The van der Waals surface area contributed by atoms with Gasteiger partial charge in [-0.15, -0.1) is 0 Å². The number of aryl methyl sites for hydroxylation is 1. The molecule has 0 bridgehead atoms. The zero-order chi connectivity index (χ0) is 9.19. The van der Waals surface area contributed by atoms with Crippen LogP contribution in [0.5, 0.6) is 0 Å². The quantitative estimate of drug-likeness (QED) is 0.565. The first-order chi connectivity index (χ1) is 5.56. The molecule has 0 amide bonds. The van der Waals surface area contributed by atoms with Crippen molar-refractivity contribution < 1.29 is 38.0 Å². The van der Waals surface area contributed by atoms with Gasteiger partial charge in [0.25, 0.3) is 0 Å². The van der Waals surface area contributed by atoms with Gasteiger partial charge in [0.2, 0.25) is 0 Å². The summed E-state index contributed by atoms with van der Waals surface area (Å²) < 4.78 is 25.6. The van der Waals surface area contributed by atoms with Gasteiger partial charge in [-0.05, 0) is 19.1 Å². The molecule has 0 aliphatic rings. The molecule has 0 saturated carbocycles. The van der Waals surface area contributed by atoms with Crippen LogP contribution >= 0.6 is 0 Å². The minimum atomic E-state index is -3.39. The van der Waals surface area contributed by atoms with Crippen LogP contribution in [0.15, 0.2) is 29.2 Å². The number of nitrogens with zero attached hydrogens (tertiary/aromatic N) is 1. The summed E-state index contributed by atoms with van der Waals surface area (Å²) >= 11 is 0. The van der Waals surface area contributed by atoms with Gasteiger partial charge >= 0.3 is 29.6 Å². The Morgan fingerprint density at radius 3 is 2.00 bits per heavy atom. The van der Waals surface area contributed by atoms with Gasteiger partial charge < -0.3 is 4.72 Å². The molecular formula is C8H10NNaO2S. The summed E-state index contributed by atoms with van der Waals surface area (Å²) in [5, 5.41) is 0. The van der Waals surface area contributed by atoms with Crippen molar-refractivity contribution in [2.75, 3.05) is 7.05 Å². The zero-order valence-corrected chi connectivity index (χ0v) is 10.8. The van der Waals surface area contributed by atoms with E-state index in [4.69, 9.17) is 0 Å². The standard InChI is InChI=1S/C8H10NO2S.Na/c1-7-3-5-8(6-4-7)12(10,11)9-2;/h3-6H,1-2H3;/q-1;+1. The Morgan fingerprint density at radius 2 is 1.62 bits per heavy atom. The van der Waals surface area contributed by atoms with Crippen molar-refractivity contribution in [2.45, 2.75) is 11.8 Å². The minimum absolute atomic E-state index is 0. The van der Waals surface area contributed by atoms with Gasteiger partial charge in [0.15, 0.2) is 0 Å². The molecule has 0 fully saturated rings. The van der Waals surface area contributed by atoms with Gasteiger partial charge in [-0.25, -0.2) is 8.42 Å². The first-order valence-corrected chi connectivity index (χ1v) is 4.93. The van der Waals surface area contributed by atoms with E-state index < -0.39 is 10.0 Å². The maximum Gasteiger partial charge on any atom is 1.00 e. The molecule has 13 heavy (non-hydrogen) atoms. The molecule has 1 aromatic rings. The van der Waals surface area contributed by atoms with E-state index in [-0.39, 0.29) is 34.5 Å². The predicted molar refractivity (Wildman–Crippen MR) is 47.6 cm³/mol. The van der Waals surface area contributed by atoms with E-state index in [9.17, 15) is 8.42 Å². The molecule has 0 saturated heterocycles. The van der Waals surface area contributed by atoms with Gasteiger partial charge in [0.1, 0.15) is 10.0 Å². The van der Waals surface area contributed by atoms with E-state index in [0.717, 1.165) is 5.56 Å². The van der Waals surface area contributed by atoms with Crippen molar-refractivity contribution in [1.82, 2.24) is 0 Å². The van der Waals surface area contributed by atoms with E-state index in [2.05, 4.69) is 4.72 Å². The third-order valence-electron chi connectivity index (χ3n) is 1.56. The van der Waals surface area contributed by atoms with E-state index in [0.29, 0.717) is 0 Å². The summed E-state index contributed by atoms with van der Waals surface area (Å²) in [5.41, 5.74) is 1.03. The average molecular weight is 207 g/mol. The van der Waals surface area contributed by atoms with Gasteiger partial charge in [-0.2, -0.15) is 7.05 Å². The van der Waals surface area contributed by atoms with E-state index >= 15 is 0 Å². The fourth-order valence-electron chi connectivity index (χ4n) is 0.816. The fraction of sp³-hybridized carbons (Fsp3) is 0.250. The number of rotatable bonds is 2. The van der Waals surface area contributed by atoms with E-state index in [1.807, 2.05) is 6.92 Å². The first-order valence-electron chi connectivity index (χ1n) is 3.49. The Balaban J connectivity index is 0.00000144. The SMILES string of the molecule is C[N-]S(=O)(=O)c1ccc(C)cc1.[Na+]. The van der Waals surface area contributed by atoms with Crippen molar-refractivity contribution in [3.05, 3.63) is 34.6 Å². The topological polar surface area (TPSA) is 48.2 Å². The molecule has 0 heterocycles. The summed E-state index contributed by atoms with van der Waals surface area (Å²) in [5.74, 6) is 0. The maximum absolute atomic E-state index is 11.1. The van der Waals surface area contributed by atoms with Crippen LogP contribution in [0.3, 0.4) is 0 Å². The van der Waals surface area contributed by atoms with Gasteiger partial charge in [-0.3, -0.25) is 0 Å². The molecule has 1 aromatic carbocycles. The molecule has 0 aliphatic heterocycles. The second kappa shape index (κ2) is 5.12. The molecule has 66 valence electrons. The van der Waals surface area contributed by atoms with Crippen LogP contribution in [0.1, 0.15) is 5.56 Å². The van der Waals surface area contributed by atoms with E-state index in [1.165, 1.54) is 7.05 Å². The maximum atomic E-state index is 11.1. The minimum Gasteiger partial charge on any atom is -0.547 e. The first kappa shape index (κ1) is 13.1. The Labute approximate surface area is 101 Å². The summed E-state index contributed by atoms with van der Waals surface area (Å²) in [4.78, 5) is 0.246. The molecule has 0 atom stereocenters. The molecule has 0 unspecified atom stereocenters. The molecular weight excluding hydrogens is 197 g/mol. The molecule has 0 radical (unpaired) electrons. The van der Waals surface area contributed by atoms with Crippen LogP contribution in [-0.4, -0.2) is 15.5 Å². The van der Waals surface area contributed by atoms with E-state index in [1.54, 1.807) is 24.3 Å². The molecule has 5 heteroatoms. The van der Waals surface area contributed by atoms with Crippen molar-refractivity contribution >= 4 is 10.0 Å². The summed E-state index contributed by atoms with van der Waals surface area (Å²) in [6.45, 7) is 1.90. The van der Waals surface area contributed by atoms with Gasteiger partial charge in [-0.1, -0.05) is 17.7 Å². The Hall–Kier alpha value is 0.130. The molecule has 0 N–H and O–H groups in total. The van der Waals surface area contributed by atoms with Crippen molar-refractivity contribution in [1.29, 1.82) is 0 Å². The van der Waals surface area contributed by atoms with Crippen LogP contribution in [0.25, 0.3) is 4.72 Å². The zero-order valence-electron chi connectivity index (χ0n) is 7.98. The molecule has 0 aliphatic carbocycles. The van der Waals surface area contributed by atoms with Crippen LogP contribution in [0.4, 0.5) is 0 Å². The third-order valence-corrected chi connectivity index (χ3v) is 2.91. The third kappa shape index (κ3) is 3.40. The molecule has 0 aromatic heterocycles.